The van der Waals surface area contributed by atoms with E-state index in [2.05, 4.69) is 21.1 Å². The molecule has 3 aromatic rings. The van der Waals surface area contributed by atoms with E-state index in [0.29, 0.717) is 0 Å². The van der Waals surface area contributed by atoms with E-state index >= 15 is 0 Å². The second-order valence-electron chi connectivity index (χ2n) is 6.17. The molecule has 0 aromatic heterocycles. The lowest BCUT2D eigenvalue weighted by Gasteiger charge is -2.05. The van der Waals surface area contributed by atoms with Gasteiger partial charge in [-0.15, -0.1) is 0 Å². The van der Waals surface area contributed by atoms with Crippen LogP contribution in [0.15, 0.2) is 79.3 Å². The van der Waals surface area contributed by atoms with E-state index in [-0.39, 0.29) is 22.4 Å². The summed E-state index contributed by atoms with van der Waals surface area (Å²) in [4.78, 5) is 34.1. The first-order valence-corrected chi connectivity index (χ1v) is 10.00. The summed E-state index contributed by atoms with van der Waals surface area (Å²) in [5.74, 6) is -0.418. The average molecular weight is 459 g/mol. The zero-order chi connectivity index (χ0) is 23.5. The van der Waals surface area contributed by atoms with Gasteiger partial charge in [-0.3, -0.25) is 35.1 Å². The van der Waals surface area contributed by atoms with E-state index in [0.717, 1.165) is 30.3 Å². The van der Waals surface area contributed by atoms with E-state index < -0.39 is 41.9 Å². The minimum absolute atomic E-state index is 0.155. The van der Waals surface area contributed by atoms with E-state index in [9.17, 15) is 33.2 Å². The highest BCUT2D eigenvalue weighted by atomic mass is 32.2. The van der Waals surface area contributed by atoms with Gasteiger partial charge >= 0.3 is 0 Å². The van der Waals surface area contributed by atoms with Gasteiger partial charge in [-0.25, -0.2) is 0 Å². The Morgan fingerprint density at radius 2 is 1.62 bits per heavy atom. The molecule has 0 saturated heterocycles. The number of hydrogen-bond acceptors (Lipinski definition) is 11. The van der Waals surface area contributed by atoms with Crippen molar-refractivity contribution in [3.05, 3.63) is 95.9 Å². The molecule has 32 heavy (non-hydrogen) atoms. The average Bonchev–Trinajstić information content (AvgIpc) is 2.73. The quantitative estimate of drug-likeness (QED) is 0.168. The van der Waals surface area contributed by atoms with E-state index in [4.69, 9.17) is 4.55 Å². The van der Waals surface area contributed by atoms with Crippen LogP contribution in [0.1, 0.15) is 0 Å². The Hall–Kier alpha value is -4.43. The largest absolute Gasteiger partial charge is 0.506 e. The van der Waals surface area contributed by atoms with E-state index in [1.165, 1.54) is 24.3 Å². The molecule has 4 N–H and O–H groups in total. The maximum atomic E-state index is 12.5. The van der Waals surface area contributed by atoms with Crippen LogP contribution in [0.4, 0.5) is 17.1 Å². The number of aromatic hydroxyl groups is 1. The maximum Gasteiger partial charge on any atom is 0.294 e. The fourth-order valence-electron chi connectivity index (χ4n) is 2.40. The lowest BCUT2D eigenvalue weighted by atomic mass is 10.3. The van der Waals surface area contributed by atoms with Crippen molar-refractivity contribution >= 4 is 27.2 Å². The van der Waals surface area contributed by atoms with Crippen LogP contribution in [0.5, 0.6) is 5.75 Å². The minimum Gasteiger partial charge on any atom is -0.506 e. The van der Waals surface area contributed by atoms with Crippen LogP contribution in [0.3, 0.4) is 0 Å². The number of non-ortho nitro benzene ring substituents is 1. The number of benzene rings is 3. The molecule has 0 unspecified atom stereocenters. The molecule has 0 atom stereocenters. The predicted molar refractivity (Wildman–Crippen MR) is 111 cm³/mol. The van der Waals surface area contributed by atoms with Gasteiger partial charge in [-0.2, -0.15) is 18.6 Å². The Morgan fingerprint density at radius 3 is 2.25 bits per heavy atom. The lowest BCUT2D eigenvalue weighted by molar-refractivity contribution is -0.384. The van der Waals surface area contributed by atoms with Crippen molar-refractivity contribution in [3.63, 3.8) is 0 Å². The maximum absolute atomic E-state index is 12.5. The number of rotatable bonds is 6. The number of phenols is 1. The summed E-state index contributed by atoms with van der Waals surface area (Å²) in [5, 5.41) is 27.2. The number of nitro groups is 1. The zero-order valence-electron chi connectivity index (χ0n) is 15.8. The van der Waals surface area contributed by atoms with Crippen LogP contribution in [0, 0.1) is 10.1 Å². The normalized spacial score (nSPS) is 12.5. The summed E-state index contributed by atoms with van der Waals surface area (Å²) in [6, 6.07) is 10.0. The van der Waals surface area contributed by atoms with Gasteiger partial charge in [0.2, 0.25) is 10.9 Å². The molecule has 0 amide bonds. The van der Waals surface area contributed by atoms with Crippen molar-refractivity contribution in [1.29, 1.82) is 0 Å². The second kappa shape index (κ2) is 8.75. The number of anilines is 2. The van der Waals surface area contributed by atoms with Crippen LogP contribution in [-0.2, 0) is 10.1 Å². The van der Waals surface area contributed by atoms with Gasteiger partial charge in [0.1, 0.15) is 11.1 Å². The van der Waals surface area contributed by atoms with Crippen LogP contribution < -0.4 is 32.4 Å². The fourth-order valence-corrected chi connectivity index (χ4v) is 2.91. The monoisotopic (exact) mass is 459 g/mol. The molecule has 0 saturated carbocycles. The Morgan fingerprint density at radius 1 is 0.938 bits per heavy atom. The number of phenolic OH excluding ortho intramolecular Hbond substituents is 1. The van der Waals surface area contributed by atoms with Gasteiger partial charge in [0.05, 0.1) is 21.2 Å². The van der Waals surface area contributed by atoms with Crippen LogP contribution >= 0.6 is 0 Å². The molecule has 3 aromatic carbocycles. The Kier molecular flexibility index (Phi) is 6.08. The molecular weight excluding hydrogens is 446 g/mol. The number of nitrogens with zero attached hydrogens (tertiary/aromatic N) is 3. The first-order valence-electron chi connectivity index (χ1n) is 8.56. The topological polar surface area (TPSA) is 201 Å². The lowest BCUT2D eigenvalue weighted by Crippen LogP contribution is -2.47. The summed E-state index contributed by atoms with van der Waals surface area (Å²) in [5.41, 5.74) is 3.03. The highest BCUT2D eigenvalue weighted by molar-refractivity contribution is 7.85. The highest BCUT2D eigenvalue weighted by Crippen LogP contribution is 2.26. The van der Waals surface area contributed by atoms with Crippen LogP contribution in [-0.4, -0.2) is 23.0 Å². The molecule has 14 heteroatoms. The standard InChI is InChI=1S/C18H13N5O8S/c24-15-7-5-12(32(29,30)31)9-14(15)21-20-13-6-8-16(25)17(18(13)26)22-19-10-1-3-11(4-2-10)23(27)28/h1-9,19,21,24H,(H,29,30,31). The summed E-state index contributed by atoms with van der Waals surface area (Å²) < 4.78 is 31.5. The highest BCUT2D eigenvalue weighted by Gasteiger charge is 2.12. The molecule has 0 aliphatic heterocycles. The molecule has 0 aliphatic carbocycles. The smallest absolute Gasteiger partial charge is 0.294 e. The summed E-state index contributed by atoms with van der Waals surface area (Å²) in [6.45, 7) is 0. The van der Waals surface area contributed by atoms with Crippen molar-refractivity contribution in [2.24, 2.45) is 10.2 Å². The van der Waals surface area contributed by atoms with E-state index in [1.54, 1.807) is 0 Å². The van der Waals surface area contributed by atoms with Gasteiger partial charge in [0.25, 0.3) is 15.8 Å². The van der Waals surface area contributed by atoms with Gasteiger partial charge in [0.15, 0.2) is 5.36 Å². The molecule has 0 aliphatic rings. The number of nitro benzene ring substituents is 1. The molecule has 3 rings (SSSR count). The molecule has 0 radical (unpaired) electrons. The molecule has 0 spiro atoms. The minimum atomic E-state index is -4.54. The molecular formula is C18H13N5O8S. The third kappa shape index (κ3) is 5.00. The molecule has 0 bridgehead atoms. The summed E-state index contributed by atoms with van der Waals surface area (Å²) in [7, 11) is -4.54. The molecule has 13 nitrogen and oxygen atoms in total. The van der Waals surface area contributed by atoms with Crippen molar-refractivity contribution in [3.8, 4) is 5.75 Å². The summed E-state index contributed by atoms with van der Waals surface area (Å²) >= 11 is 0. The van der Waals surface area contributed by atoms with Gasteiger partial charge in [0, 0.05) is 12.1 Å². The Bertz CT molecular complexity index is 1530. The number of nitrogens with one attached hydrogen (secondary N) is 2. The Balaban J connectivity index is 1.95. The SMILES string of the molecule is O=c1ccc(=NNc2cc(S(=O)(=O)O)ccc2O)c(=O)c1=NNc1ccc([N+](=O)[O-])cc1. The first-order chi connectivity index (χ1) is 15.1. The van der Waals surface area contributed by atoms with Gasteiger partial charge in [-0.05, 0) is 42.5 Å². The van der Waals surface area contributed by atoms with Crippen molar-refractivity contribution in [1.82, 2.24) is 0 Å². The van der Waals surface area contributed by atoms with Crippen LogP contribution in [0.2, 0.25) is 0 Å². The zero-order valence-corrected chi connectivity index (χ0v) is 16.6. The van der Waals surface area contributed by atoms with Crippen LogP contribution in [0.25, 0.3) is 0 Å². The third-order valence-corrected chi connectivity index (χ3v) is 4.86. The van der Waals surface area contributed by atoms with E-state index in [1.807, 2.05) is 0 Å². The second-order valence-corrected chi connectivity index (χ2v) is 7.59. The molecule has 164 valence electrons. The van der Waals surface area contributed by atoms with Gasteiger partial charge in [-0.1, -0.05) is 0 Å². The first kappa shape index (κ1) is 22.3. The number of hydrogen-bond donors (Lipinski definition) is 4. The van der Waals surface area contributed by atoms with Crippen molar-refractivity contribution in [2.45, 2.75) is 4.90 Å². The Labute approximate surface area is 178 Å². The van der Waals surface area contributed by atoms with Gasteiger partial charge < -0.3 is 5.11 Å². The summed E-state index contributed by atoms with van der Waals surface area (Å²) in [6.07, 6.45) is 0. The predicted octanol–water partition coefficient (Wildman–Crippen LogP) is -0.00130. The third-order valence-electron chi connectivity index (χ3n) is 4.01. The fraction of sp³-hybridized carbons (Fsp3) is 0. The van der Waals surface area contributed by atoms with Crippen molar-refractivity contribution in [2.75, 3.05) is 10.9 Å². The van der Waals surface area contributed by atoms with Crippen molar-refractivity contribution < 1.29 is 23.0 Å². The molecule has 0 fully saturated rings. The molecule has 0 heterocycles.